The highest BCUT2D eigenvalue weighted by Gasteiger charge is 2.04. The predicted molar refractivity (Wildman–Crippen MR) is 98.1 cm³/mol. The fourth-order valence-electron chi connectivity index (χ4n) is 2.09. The summed E-state index contributed by atoms with van der Waals surface area (Å²) in [6, 6.07) is 15.8. The van der Waals surface area contributed by atoms with Crippen molar-refractivity contribution in [1.82, 2.24) is 5.43 Å². The first-order valence-corrected chi connectivity index (χ1v) is 7.80. The summed E-state index contributed by atoms with van der Waals surface area (Å²) in [5.74, 6) is 0.425. The molecule has 2 aromatic rings. The molecule has 1 amide bonds. The van der Waals surface area contributed by atoms with E-state index in [0.717, 1.165) is 22.3 Å². The summed E-state index contributed by atoms with van der Waals surface area (Å²) in [6.45, 7) is 5.79. The topological polar surface area (TPSA) is 50.7 Å². The van der Waals surface area contributed by atoms with Gasteiger partial charge in [0.1, 0.15) is 5.75 Å². The van der Waals surface area contributed by atoms with Gasteiger partial charge in [0.15, 0.2) is 6.61 Å². The van der Waals surface area contributed by atoms with Crippen molar-refractivity contribution in [2.45, 2.75) is 20.8 Å². The van der Waals surface area contributed by atoms with E-state index < -0.39 is 0 Å². The monoisotopic (exact) mass is 322 g/mol. The average molecular weight is 322 g/mol. The summed E-state index contributed by atoms with van der Waals surface area (Å²) in [4.78, 5) is 11.8. The van der Waals surface area contributed by atoms with Gasteiger partial charge >= 0.3 is 0 Å². The maximum atomic E-state index is 11.8. The van der Waals surface area contributed by atoms with E-state index in [2.05, 4.69) is 10.5 Å². The number of aryl methyl sites for hydroxylation is 2. The molecule has 4 heteroatoms. The van der Waals surface area contributed by atoms with Crippen LogP contribution in [-0.2, 0) is 4.79 Å². The van der Waals surface area contributed by atoms with Crippen LogP contribution in [0, 0.1) is 13.8 Å². The number of benzene rings is 2. The third-order valence-electron chi connectivity index (χ3n) is 3.35. The first-order chi connectivity index (χ1) is 11.5. The Labute approximate surface area is 142 Å². The van der Waals surface area contributed by atoms with Gasteiger partial charge in [-0.05, 0) is 49.1 Å². The highest BCUT2D eigenvalue weighted by atomic mass is 16.5. The van der Waals surface area contributed by atoms with E-state index in [0.29, 0.717) is 5.75 Å². The van der Waals surface area contributed by atoms with E-state index >= 15 is 0 Å². The van der Waals surface area contributed by atoms with Gasteiger partial charge in [-0.2, -0.15) is 5.10 Å². The molecule has 0 aliphatic rings. The lowest BCUT2D eigenvalue weighted by Crippen LogP contribution is -2.24. The van der Waals surface area contributed by atoms with Crippen LogP contribution in [0.4, 0.5) is 0 Å². The van der Waals surface area contributed by atoms with Gasteiger partial charge in [0.2, 0.25) is 0 Å². The lowest BCUT2D eigenvalue weighted by atomic mass is 10.1. The Morgan fingerprint density at radius 2 is 1.92 bits per heavy atom. The molecule has 0 spiro atoms. The van der Waals surface area contributed by atoms with Crippen LogP contribution in [0.25, 0.3) is 6.08 Å². The highest BCUT2D eigenvalue weighted by Crippen LogP contribution is 2.18. The molecule has 2 rings (SSSR count). The minimum Gasteiger partial charge on any atom is -0.483 e. The number of carbonyl (C=O) groups excluding carboxylic acids is 1. The van der Waals surface area contributed by atoms with E-state index in [4.69, 9.17) is 4.74 Å². The first-order valence-electron chi connectivity index (χ1n) is 7.80. The van der Waals surface area contributed by atoms with Crippen LogP contribution in [0.5, 0.6) is 5.75 Å². The maximum Gasteiger partial charge on any atom is 0.277 e. The van der Waals surface area contributed by atoms with Crippen molar-refractivity contribution in [2.24, 2.45) is 5.10 Å². The van der Waals surface area contributed by atoms with Gasteiger partial charge in [-0.3, -0.25) is 4.79 Å². The second-order valence-electron chi connectivity index (χ2n) is 5.65. The molecule has 0 radical (unpaired) electrons. The molecule has 1 N–H and O–H groups in total. The fourth-order valence-corrected chi connectivity index (χ4v) is 2.09. The molecule has 0 fully saturated rings. The molecular formula is C20H22N2O2. The number of ether oxygens (including phenoxy) is 1. The van der Waals surface area contributed by atoms with Gasteiger partial charge in [-0.1, -0.05) is 48.5 Å². The van der Waals surface area contributed by atoms with Crippen molar-refractivity contribution < 1.29 is 9.53 Å². The number of amides is 1. The van der Waals surface area contributed by atoms with Crippen molar-refractivity contribution in [3.63, 3.8) is 0 Å². The average Bonchev–Trinajstić information content (AvgIpc) is 2.56. The normalized spacial score (nSPS) is 11.5. The number of nitrogens with zero attached hydrogens (tertiary/aromatic N) is 1. The second-order valence-corrected chi connectivity index (χ2v) is 5.65. The SMILES string of the molecule is CC(/C=N\NC(=O)COc1cc(C)ccc1C)=C\c1ccccc1. The smallest absolute Gasteiger partial charge is 0.277 e. The van der Waals surface area contributed by atoms with Gasteiger partial charge in [0.25, 0.3) is 5.91 Å². The summed E-state index contributed by atoms with van der Waals surface area (Å²) < 4.78 is 5.53. The number of carbonyl (C=O) groups is 1. The molecule has 0 saturated carbocycles. The van der Waals surface area contributed by atoms with Gasteiger partial charge in [-0.25, -0.2) is 5.43 Å². The van der Waals surface area contributed by atoms with Crippen molar-refractivity contribution in [2.75, 3.05) is 6.61 Å². The van der Waals surface area contributed by atoms with Crippen LogP contribution < -0.4 is 10.2 Å². The molecule has 0 bridgehead atoms. The molecule has 24 heavy (non-hydrogen) atoms. The lowest BCUT2D eigenvalue weighted by molar-refractivity contribution is -0.123. The molecule has 0 saturated heterocycles. The Balaban J connectivity index is 1.82. The fraction of sp³-hybridized carbons (Fsp3) is 0.200. The summed E-state index contributed by atoms with van der Waals surface area (Å²) in [7, 11) is 0. The molecule has 4 nitrogen and oxygen atoms in total. The van der Waals surface area contributed by atoms with Gasteiger partial charge in [0, 0.05) is 0 Å². The Morgan fingerprint density at radius 3 is 2.67 bits per heavy atom. The summed E-state index contributed by atoms with van der Waals surface area (Å²) in [6.07, 6.45) is 3.60. The van der Waals surface area contributed by atoms with Crippen molar-refractivity contribution >= 4 is 18.2 Å². The minimum absolute atomic E-state index is 0.0664. The largest absolute Gasteiger partial charge is 0.483 e. The standard InChI is InChI=1S/C20H22N2O2/c1-15-9-10-17(3)19(12-15)24-14-20(23)22-21-13-16(2)11-18-7-5-4-6-8-18/h4-13H,14H2,1-3H3,(H,22,23)/b16-11+,21-13-. The lowest BCUT2D eigenvalue weighted by Gasteiger charge is -2.08. The molecular weight excluding hydrogens is 300 g/mol. The van der Waals surface area contributed by atoms with E-state index in [9.17, 15) is 4.79 Å². The summed E-state index contributed by atoms with van der Waals surface area (Å²) in [5, 5.41) is 3.95. The Hall–Kier alpha value is -2.88. The maximum absolute atomic E-state index is 11.8. The zero-order valence-electron chi connectivity index (χ0n) is 14.2. The molecule has 0 aliphatic heterocycles. The van der Waals surface area contributed by atoms with Crippen molar-refractivity contribution in [3.8, 4) is 5.75 Å². The van der Waals surface area contributed by atoms with Crippen molar-refractivity contribution in [3.05, 3.63) is 70.8 Å². The van der Waals surface area contributed by atoms with Crippen LogP contribution in [-0.4, -0.2) is 18.7 Å². The molecule has 0 heterocycles. The zero-order chi connectivity index (χ0) is 17.4. The van der Waals surface area contributed by atoms with Gasteiger partial charge < -0.3 is 4.74 Å². The number of hydrazone groups is 1. The van der Waals surface area contributed by atoms with Crippen LogP contribution in [0.15, 0.2) is 59.2 Å². The minimum atomic E-state index is -0.292. The number of allylic oxidation sites excluding steroid dienone is 1. The number of rotatable bonds is 6. The van der Waals surface area contributed by atoms with Gasteiger partial charge in [0.05, 0.1) is 6.21 Å². The number of hydrogen-bond acceptors (Lipinski definition) is 3. The molecule has 0 aromatic heterocycles. The molecule has 0 unspecified atom stereocenters. The van der Waals surface area contributed by atoms with E-state index in [1.54, 1.807) is 6.21 Å². The molecule has 0 aliphatic carbocycles. The second kappa shape index (κ2) is 8.67. The quantitative estimate of drug-likeness (QED) is 0.648. The van der Waals surface area contributed by atoms with Gasteiger partial charge in [-0.15, -0.1) is 0 Å². The highest BCUT2D eigenvalue weighted by molar-refractivity contribution is 5.86. The number of nitrogens with one attached hydrogen (secondary N) is 1. The van der Waals surface area contributed by atoms with E-state index in [1.165, 1.54) is 0 Å². The molecule has 124 valence electrons. The zero-order valence-corrected chi connectivity index (χ0v) is 14.2. The van der Waals surface area contributed by atoms with E-state index in [1.807, 2.05) is 75.4 Å². The first kappa shape index (κ1) is 17.5. The molecule has 0 atom stereocenters. The predicted octanol–water partition coefficient (Wildman–Crippen LogP) is 3.89. The third kappa shape index (κ3) is 5.72. The van der Waals surface area contributed by atoms with Crippen molar-refractivity contribution in [1.29, 1.82) is 0 Å². The Kier molecular flexibility index (Phi) is 6.32. The number of hydrogen-bond donors (Lipinski definition) is 1. The van der Waals surface area contributed by atoms with Crippen LogP contribution in [0.2, 0.25) is 0 Å². The third-order valence-corrected chi connectivity index (χ3v) is 3.35. The van der Waals surface area contributed by atoms with Crippen LogP contribution in [0.1, 0.15) is 23.6 Å². The summed E-state index contributed by atoms with van der Waals surface area (Å²) >= 11 is 0. The summed E-state index contributed by atoms with van der Waals surface area (Å²) in [5.41, 5.74) is 6.59. The molecule has 2 aromatic carbocycles. The van der Waals surface area contributed by atoms with Crippen LogP contribution in [0.3, 0.4) is 0 Å². The Morgan fingerprint density at radius 1 is 1.17 bits per heavy atom. The van der Waals surface area contributed by atoms with E-state index in [-0.39, 0.29) is 12.5 Å². The Bertz CT molecular complexity index is 749. The van der Waals surface area contributed by atoms with Crippen LogP contribution >= 0.6 is 0 Å².